The van der Waals surface area contributed by atoms with Gasteiger partial charge in [0.1, 0.15) is 0 Å². The highest BCUT2D eigenvalue weighted by Crippen LogP contribution is 2.42. The average molecular weight is 203 g/mol. The quantitative estimate of drug-likeness (QED) is 0.486. The van der Waals surface area contributed by atoms with Gasteiger partial charge in [0.15, 0.2) is 0 Å². The van der Waals surface area contributed by atoms with E-state index < -0.39 is 9.28 Å². The summed E-state index contributed by atoms with van der Waals surface area (Å²) in [5, 5.41) is 0. The predicted molar refractivity (Wildman–Crippen MR) is 52.8 cm³/mol. The van der Waals surface area contributed by atoms with Gasteiger partial charge in [-0.2, -0.15) is 0 Å². The van der Waals surface area contributed by atoms with Gasteiger partial charge in [-0.3, -0.25) is 0 Å². The van der Waals surface area contributed by atoms with E-state index in [-0.39, 0.29) is 5.60 Å². The first-order valence-electron chi connectivity index (χ1n) is 4.85. The largest absolute Gasteiger partial charge is 0.396 e. The van der Waals surface area contributed by atoms with Crippen LogP contribution in [0.2, 0.25) is 5.54 Å². The summed E-state index contributed by atoms with van der Waals surface area (Å²) in [6.07, 6.45) is 1.07. The van der Waals surface area contributed by atoms with E-state index in [1.54, 1.807) is 7.11 Å². The van der Waals surface area contributed by atoms with Crippen molar-refractivity contribution in [3.8, 4) is 0 Å². The summed E-state index contributed by atoms with van der Waals surface area (Å²) in [7, 11) is 0.590. The molecule has 2 atom stereocenters. The first kappa shape index (κ1) is 11.2. The Morgan fingerprint density at radius 2 is 2.15 bits per heavy atom. The fraction of sp³-hybridized carbons (Fsp3) is 1.00. The molecule has 4 heteroatoms. The van der Waals surface area contributed by atoms with Crippen LogP contribution in [0.3, 0.4) is 0 Å². The predicted octanol–water partition coefficient (Wildman–Crippen LogP) is 1.73. The van der Waals surface area contributed by atoms with Crippen molar-refractivity contribution in [2.45, 2.75) is 38.3 Å². The van der Waals surface area contributed by atoms with Gasteiger partial charge in [0, 0.05) is 19.3 Å². The molecule has 77 valence electrons. The number of hydrogen-bond acceptors (Lipinski definition) is 3. The second-order valence-electron chi connectivity index (χ2n) is 3.52. The number of ether oxygens (including phenoxy) is 1. The minimum Gasteiger partial charge on any atom is -0.396 e. The van der Waals surface area contributed by atoms with Crippen LogP contribution in [0, 0.1) is 0 Å². The molecule has 1 heterocycles. The van der Waals surface area contributed by atoms with Gasteiger partial charge in [0.05, 0.1) is 12.2 Å². The summed E-state index contributed by atoms with van der Waals surface area (Å²) in [4.78, 5) is 0. The first-order chi connectivity index (χ1) is 6.18. The summed E-state index contributed by atoms with van der Waals surface area (Å²) >= 11 is 0. The Labute approximate surface area is 82.2 Å². The van der Waals surface area contributed by atoms with E-state index in [1.807, 2.05) is 6.92 Å². The molecule has 13 heavy (non-hydrogen) atoms. The fourth-order valence-electron chi connectivity index (χ4n) is 1.61. The maximum absolute atomic E-state index is 5.61. The van der Waals surface area contributed by atoms with Gasteiger partial charge < -0.3 is 13.6 Å². The minimum absolute atomic E-state index is 0.0359. The molecule has 2 unspecified atom stereocenters. The zero-order valence-corrected chi connectivity index (χ0v) is 9.92. The molecule has 1 radical (unpaired) electrons. The molecule has 0 saturated carbocycles. The summed E-state index contributed by atoms with van der Waals surface area (Å²) in [6, 6.07) is 0. The molecular formula is C9H19O3Si. The molecule has 1 aliphatic heterocycles. The van der Waals surface area contributed by atoms with Crippen LogP contribution in [0.15, 0.2) is 0 Å². The van der Waals surface area contributed by atoms with Gasteiger partial charge in [-0.05, 0) is 20.3 Å². The summed E-state index contributed by atoms with van der Waals surface area (Å²) < 4.78 is 16.5. The SMILES string of the molecule is CCO[Si](OC)C(CC)C1(C)CO1. The van der Waals surface area contributed by atoms with Crippen LogP contribution >= 0.6 is 0 Å². The lowest BCUT2D eigenvalue weighted by Crippen LogP contribution is -2.35. The van der Waals surface area contributed by atoms with Crippen LogP contribution in [0.25, 0.3) is 0 Å². The molecule has 0 aromatic heterocycles. The molecule has 0 amide bonds. The van der Waals surface area contributed by atoms with E-state index in [4.69, 9.17) is 13.6 Å². The molecule has 1 saturated heterocycles. The van der Waals surface area contributed by atoms with Crippen LogP contribution in [-0.2, 0) is 13.6 Å². The Morgan fingerprint density at radius 1 is 1.54 bits per heavy atom. The number of epoxide rings is 1. The molecule has 0 spiro atoms. The third-order valence-corrected chi connectivity index (χ3v) is 5.08. The van der Waals surface area contributed by atoms with Crippen LogP contribution < -0.4 is 0 Å². The van der Waals surface area contributed by atoms with Crippen LogP contribution in [-0.4, -0.2) is 35.2 Å². The smallest absolute Gasteiger partial charge is 0.390 e. The van der Waals surface area contributed by atoms with Gasteiger partial charge >= 0.3 is 9.28 Å². The van der Waals surface area contributed by atoms with E-state index >= 15 is 0 Å². The fourth-order valence-corrected chi connectivity index (χ4v) is 3.49. The zero-order chi connectivity index (χ0) is 9.90. The van der Waals surface area contributed by atoms with Crippen molar-refractivity contribution in [1.82, 2.24) is 0 Å². The normalized spacial score (nSPS) is 29.3. The monoisotopic (exact) mass is 203 g/mol. The molecule has 1 fully saturated rings. The Morgan fingerprint density at radius 3 is 2.46 bits per heavy atom. The van der Waals surface area contributed by atoms with Gasteiger partial charge in [0.25, 0.3) is 0 Å². The number of hydrogen-bond donors (Lipinski definition) is 0. The lowest BCUT2D eigenvalue weighted by Gasteiger charge is -2.24. The first-order valence-corrected chi connectivity index (χ1v) is 6.25. The van der Waals surface area contributed by atoms with Crippen molar-refractivity contribution in [2.75, 3.05) is 20.3 Å². The summed E-state index contributed by atoms with van der Waals surface area (Å²) in [5.41, 5.74) is 0.483. The van der Waals surface area contributed by atoms with E-state index in [9.17, 15) is 0 Å². The second kappa shape index (κ2) is 4.55. The topological polar surface area (TPSA) is 31.0 Å². The molecular weight excluding hydrogens is 184 g/mol. The standard InChI is InChI=1S/C9H19O3Si/c1-5-8(9(3)7-11-9)13(10-4)12-6-2/h8H,5-7H2,1-4H3. The van der Waals surface area contributed by atoms with Gasteiger partial charge in [-0.25, -0.2) is 0 Å². The van der Waals surface area contributed by atoms with Gasteiger partial charge in [-0.15, -0.1) is 0 Å². The van der Waals surface area contributed by atoms with E-state index in [0.717, 1.165) is 19.6 Å². The maximum atomic E-state index is 5.61. The highest BCUT2D eigenvalue weighted by atomic mass is 28.3. The zero-order valence-electron chi connectivity index (χ0n) is 8.92. The average Bonchev–Trinajstić information content (AvgIpc) is 2.84. The molecule has 3 nitrogen and oxygen atoms in total. The van der Waals surface area contributed by atoms with Crippen molar-refractivity contribution in [3.63, 3.8) is 0 Å². The number of rotatable bonds is 6. The van der Waals surface area contributed by atoms with Crippen LogP contribution in [0.4, 0.5) is 0 Å². The second-order valence-corrected chi connectivity index (χ2v) is 5.55. The molecule has 0 N–H and O–H groups in total. The molecule has 0 aromatic rings. The van der Waals surface area contributed by atoms with E-state index in [1.165, 1.54) is 0 Å². The van der Waals surface area contributed by atoms with Crippen molar-refractivity contribution >= 4 is 9.28 Å². The van der Waals surface area contributed by atoms with Crippen molar-refractivity contribution < 1.29 is 13.6 Å². The Hall–Kier alpha value is 0.0969. The van der Waals surface area contributed by atoms with Crippen molar-refractivity contribution in [2.24, 2.45) is 0 Å². The molecule has 1 rings (SSSR count). The van der Waals surface area contributed by atoms with Gasteiger partial charge in [0.2, 0.25) is 0 Å². The molecule has 0 aromatic carbocycles. The summed E-state index contributed by atoms with van der Waals surface area (Å²) in [5.74, 6) is 0. The Balaban J connectivity index is 2.52. The molecule has 1 aliphatic rings. The van der Waals surface area contributed by atoms with Crippen LogP contribution in [0.1, 0.15) is 27.2 Å². The van der Waals surface area contributed by atoms with Crippen molar-refractivity contribution in [3.05, 3.63) is 0 Å². The third-order valence-electron chi connectivity index (χ3n) is 2.52. The Kier molecular flexibility index (Phi) is 3.91. The lowest BCUT2D eigenvalue weighted by molar-refractivity contribution is 0.202. The minimum atomic E-state index is -1.14. The lowest BCUT2D eigenvalue weighted by atomic mass is 10.1. The highest BCUT2D eigenvalue weighted by molar-refractivity contribution is 6.46. The molecule has 0 bridgehead atoms. The van der Waals surface area contributed by atoms with E-state index in [0.29, 0.717) is 5.54 Å². The maximum Gasteiger partial charge on any atom is 0.390 e. The van der Waals surface area contributed by atoms with E-state index in [2.05, 4.69) is 13.8 Å². The van der Waals surface area contributed by atoms with Crippen LogP contribution in [0.5, 0.6) is 0 Å². The summed E-state index contributed by atoms with van der Waals surface area (Å²) in [6.45, 7) is 7.90. The highest BCUT2D eigenvalue weighted by Gasteiger charge is 2.51. The third kappa shape index (κ3) is 2.53. The van der Waals surface area contributed by atoms with Crippen molar-refractivity contribution in [1.29, 1.82) is 0 Å². The molecule has 0 aliphatic carbocycles. The Bertz CT molecular complexity index is 159. The van der Waals surface area contributed by atoms with Gasteiger partial charge in [-0.1, -0.05) is 6.92 Å².